The molecule has 1 aromatic rings. The van der Waals surface area contributed by atoms with Gasteiger partial charge in [-0.15, -0.1) is 0 Å². The van der Waals surface area contributed by atoms with Crippen LogP contribution in [0.15, 0.2) is 30.0 Å². The van der Waals surface area contributed by atoms with Crippen LogP contribution in [0.25, 0.3) is 0 Å². The van der Waals surface area contributed by atoms with Crippen molar-refractivity contribution in [1.82, 2.24) is 9.88 Å². The molecule has 1 spiro atoms. The summed E-state index contributed by atoms with van der Waals surface area (Å²) < 4.78 is 11.4. The summed E-state index contributed by atoms with van der Waals surface area (Å²) in [5, 5.41) is 3.41. The number of amides is 1. The Morgan fingerprint density at radius 1 is 1.19 bits per heavy atom. The molecule has 0 atom stereocenters. The largest absolute Gasteiger partial charge is 0.383 e. The monoisotopic (exact) mass is 371 g/mol. The van der Waals surface area contributed by atoms with Crippen molar-refractivity contribution in [2.24, 2.45) is 0 Å². The van der Waals surface area contributed by atoms with E-state index < -0.39 is 5.79 Å². The molecule has 1 amide bonds. The number of rotatable bonds is 5. The number of allylic oxidation sites excluding steroid dienone is 1. The summed E-state index contributed by atoms with van der Waals surface area (Å²) in [6.45, 7) is 3.52. The van der Waals surface area contributed by atoms with Crippen LogP contribution in [-0.4, -0.2) is 54.4 Å². The van der Waals surface area contributed by atoms with Crippen LogP contribution < -0.4 is 5.32 Å². The van der Waals surface area contributed by atoms with E-state index in [0.29, 0.717) is 32.0 Å². The summed E-state index contributed by atoms with van der Waals surface area (Å²) in [7, 11) is 0. The Hall–Kier alpha value is -1.92. The predicted octanol–water partition coefficient (Wildman–Crippen LogP) is 3.36. The average Bonchev–Trinajstić information content (AvgIpc) is 3.17. The van der Waals surface area contributed by atoms with Crippen LogP contribution in [0.5, 0.6) is 0 Å². The summed E-state index contributed by atoms with van der Waals surface area (Å²) in [5.41, 5.74) is 3.03. The fraction of sp³-hybridized carbons (Fsp3) is 0.619. The first kappa shape index (κ1) is 18.4. The lowest BCUT2D eigenvalue weighted by Crippen LogP contribution is -2.47. The molecule has 146 valence electrons. The van der Waals surface area contributed by atoms with Gasteiger partial charge in [0.05, 0.1) is 25.1 Å². The first-order valence-corrected chi connectivity index (χ1v) is 10.2. The topological polar surface area (TPSA) is 63.7 Å². The second kappa shape index (κ2) is 8.40. The molecule has 2 fully saturated rings. The maximum atomic E-state index is 12.7. The number of hydrogen-bond donors (Lipinski definition) is 1. The van der Waals surface area contributed by atoms with Crippen LogP contribution in [0.2, 0.25) is 0 Å². The zero-order chi connectivity index (χ0) is 18.5. The summed E-state index contributed by atoms with van der Waals surface area (Å²) >= 11 is 0. The number of anilines is 1. The number of nitrogens with zero attached hydrogens (tertiary/aromatic N) is 2. The first-order chi connectivity index (χ1) is 13.2. The average molecular weight is 371 g/mol. The Bertz CT molecular complexity index is 670. The maximum absolute atomic E-state index is 12.7. The van der Waals surface area contributed by atoms with Crippen molar-refractivity contribution in [3.63, 3.8) is 0 Å². The van der Waals surface area contributed by atoms with E-state index in [-0.39, 0.29) is 5.91 Å². The molecule has 4 rings (SSSR count). The van der Waals surface area contributed by atoms with Crippen molar-refractivity contribution >= 4 is 11.6 Å². The van der Waals surface area contributed by atoms with Gasteiger partial charge in [0.15, 0.2) is 5.79 Å². The molecule has 0 radical (unpaired) electrons. The van der Waals surface area contributed by atoms with Crippen molar-refractivity contribution in [2.75, 3.05) is 38.2 Å². The van der Waals surface area contributed by atoms with E-state index in [0.717, 1.165) is 31.5 Å². The van der Waals surface area contributed by atoms with Crippen LogP contribution in [0.1, 0.15) is 55.4 Å². The smallest absolute Gasteiger partial charge is 0.272 e. The Morgan fingerprint density at radius 2 is 2.00 bits per heavy atom. The Balaban J connectivity index is 1.25. The Kier molecular flexibility index (Phi) is 5.74. The first-order valence-electron chi connectivity index (χ1n) is 10.2. The van der Waals surface area contributed by atoms with Crippen LogP contribution in [0, 0.1) is 0 Å². The van der Waals surface area contributed by atoms with Gasteiger partial charge in [0.25, 0.3) is 5.91 Å². The number of pyridine rings is 1. The van der Waals surface area contributed by atoms with Gasteiger partial charge >= 0.3 is 0 Å². The molecule has 1 aliphatic carbocycles. The highest BCUT2D eigenvalue weighted by molar-refractivity contribution is 5.92. The van der Waals surface area contributed by atoms with Crippen LogP contribution in [-0.2, 0) is 9.47 Å². The molecule has 0 aromatic carbocycles. The van der Waals surface area contributed by atoms with Gasteiger partial charge in [-0.3, -0.25) is 4.79 Å². The third kappa shape index (κ3) is 4.50. The maximum Gasteiger partial charge on any atom is 0.272 e. The zero-order valence-electron chi connectivity index (χ0n) is 15.9. The number of aromatic nitrogens is 1. The van der Waals surface area contributed by atoms with E-state index in [1.807, 2.05) is 17.0 Å². The van der Waals surface area contributed by atoms with Gasteiger partial charge in [-0.05, 0) is 44.2 Å². The highest BCUT2D eigenvalue weighted by Gasteiger charge is 2.40. The van der Waals surface area contributed by atoms with E-state index in [9.17, 15) is 4.79 Å². The quantitative estimate of drug-likeness (QED) is 0.804. The summed E-state index contributed by atoms with van der Waals surface area (Å²) in [4.78, 5) is 18.9. The molecule has 1 aromatic heterocycles. The Labute approximate surface area is 160 Å². The van der Waals surface area contributed by atoms with Gasteiger partial charge < -0.3 is 19.7 Å². The molecule has 3 heterocycles. The normalized spacial score (nSPS) is 21.9. The van der Waals surface area contributed by atoms with E-state index in [2.05, 4.69) is 16.4 Å². The van der Waals surface area contributed by atoms with Gasteiger partial charge in [-0.2, -0.15) is 0 Å². The minimum atomic E-state index is -0.453. The second-order valence-electron chi connectivity index (χ2n) is 7.62. The van der Waals surface area contributed by atoms with Crippen LogP contribution in [0.4, 0.5) is 5.69 Å². The van der Waals surface area contributed by atoms with Crippen molar-refractivity contribution in [3.8, 4) is 0 Å². The van der Waals surface area contributed by atoms with Crippen LogP contribution in [0.3, 0.4) is 0 Å². The second-order valence-corrected chi connectivity index (χ2v) is 7.62. The molecule has 0 bridgehead atoms. The third-order valence-corrected chi connectivity index (χ3v) is 5.77. The number of carbonyl (C=O) groups is 1. The fourth-order valence-corrected chi connectivity index (χ4v) is 4.12. The molecular formula is C21H29N3O3. The Morgan fingerprint density at radius 3 is 2.67 bits per heavy atom. The summed E-state index contributed by atoms with van der Waals surface area (Å²) in [5.74, 6) is -0.465. The number of carbonyl (C=O) groups excluding carboxylic acids is 1. The highest BCUT2D eigenvalue weighted by Crippen LogP contribution is 2.31. The van der Waals surface area contributed by atoms with Gasteiger partial charge in [-0.25, -0.2) is 4.98 Å². The molecule has 1 N–H and O–H groups in total. The lowest BCUT2D eigenvalue weighted by atomic mass is 9.97. The lowest BCUT2D eigenvalue weighted by Gasteiger charge is -2.37. The third-order valence-electron chi connectivity index (χ3n) is 5.77. The van der Waals surface area contributed by atoms with Crippen molar-refractivity contribution in [2.45, 2.75) is 50.7 Å². The summed E-state index contributed by atoms with van der Waals surface area (Å²) in [6, 6.07) is 3.77. The number of ether oxygens (including phenoxy) is 2. The zero-order valence-corrected chi connectivity index (χ0v) is 15.9. The fourth-order valence-electron chi connectivity index (χ4n) is 4.12. The SMILES string of the molecule is O=C(c1ccc(NCCC2=CCCCC2)cn1)N1CCC2(CC1)OCCO2. The molecule has 0 unspecified atom stereocenters. The van der Waals surface area contributed by atoms with Gasteiger partial charge in [0.1, 0.15) is 5.69 Å². The molecule has 2 saturated heterocycles. The number of piperidine rings is 1. The highest BCUT2D eigenvalue weighted by atomic mass is 16.7. The molecule has 2 aliphatic heterocycles. The minimum absolute atomic E-state index is 0.0123. The molecule has 27 heavy (non-hydrogen) atoms. The van der Waals surface area contributed by atoms with E-state index in [1.165, 1.54) is 25.7 Å². The van der Waals surface area contributed by atoms with E-state index >= 15 is 0 Å². The predicted molar refractivity (Wildman–Crippen MR) is 104 cm³/mol. The van der Waals surface area contributed by atoms with Crippen molar-refractivity contribution in [3.05, 3.63) is 35.7 Å². The molecule has 6 heteroatoms. The molecule has 0 saturated carbocycles. The number of nitrogens with one attached hydrogen (secondary N) is 1. The number of hydrogen-bond acceptors (Lipinski definition) is 5. The van der Waals surface area contributed by atoms with E-state index in [4.69, 9.17) is 9.47 Å². The van der Waals surface area contributed by atoms with Crippen LogP contribution >= 0.6 is 0 Å². The molecular weight excluding hydrogens is 342 g/mol. The standard InChI is InChI=1S/C21H29N3O3/c25-20(24-12-9-21(10-13-24)26-14-15-27-21)19-7-6-18(16-23-19)22-11-8-17-4-2-1-3-5-17/h4,6-7,16,22H,1-3,5,8-15H2. The van der Waals surface area contributed by atoms with Crippen molar-refractivity contribution < 1.29 is 14.3 Å². The lowest BCUT2D eigenvalue weighted by molar-refractivity contribution is -0.181. The molecule has 6 nitrogen and oxygen atoms in total. The minimum Gasteiger partial charge on any atom is -0.383 e. The summed E-state index contributed by atoms with van der Waals surface area (Å²) in [6.07, 6.45) is 11.8. The molecule has 3 aliphatic rings. The number of likely N-dealkylation sites (tertiary alicyclic amines) is 1. The van der Waals surface area contributed by atoms with Gasteiger partial charge in [0, 0.05) is 32.5 Å². The van der Waals surface area contributed by atoms with Crippen molar-refractivity contribution in [1.29, 1.82) is 0 Å². The van der Waals surface area contributed by atoms with Gasteiger partial charge in [0.2, 0.25) is 0 Å². The van der Waals surface area contributed by atoms with E-state index in [1.54, 1.807) is 11.8 Å². The van der Waals surface area contributed by atoms with Gasteiger partial charge in [-0.1, -0.05) is 11.6 Å².